The number of nitrogens with one attached hydrogen (secondary N) is 1. The summed E-state index contributed by atoms with van der Waals surface area (Å²) < 4.78 is 35.3. The summed E-state index contributed by atoms with van der Waals surface area (Å²) in [7, 11) is 3.25. The fourth-order valence-electron chi connectivity index (χ4n) is 4.19. The molecule has 198 valence electrons. The number of hydrogen-bond acceptors (Lipinski definition) is 8. The maximum Gasteiger partial charge on any atom is 0.273 e. The second-order valence-corrected chi connectivity index (χ2v) is 8.75. The Balaban J connectivity index is 1.42. The molecule has 2 heterocycles. The van der Waals surface area contributed by atoms with Gasteiger partial charge < -0.3 is 23.9 Å². The number of carbonyl (C=O) groups excluding carboxylic acids is 1. The quantitative estimate of drug-likeness (QED) is 0.396. The van der Waals surface area contributed by atoms with Crippen molar-refractivity contribution in [3.05, 3.63) is 77.3 Å². The Morgan fingerprint density at radius 1 is 1.11 bits per heavy atom. The van der Waals surface area contributed by atoms with E-state index in [9.17, 15) is 9.18 Å². The molecule has 10 heteroatoms. The van der Waals surface area contributed by atoms with Gasteiger partial charge in [0.15, 0.2) is 17.2 Å². The van der Waals surface area contributed by atoms with Crippen molar-refractivity contribution in [3.8, 4) is 11.5 Å². The van der Waals surface area contributed by atoms with Crippen LogP contribution in [0.2, 0.25) is 0 Å². The van der Waals surface area contributed by atoms with Gasteiger partial charge in [0.2, 0.25) is 5.89 Å². The van der Waals surface area contributed by atoms with Gasteiger partial charge in [-0.1, -0.05) is 24.3 Å². The number of para-hydroxylation sites is 1. The van der Waals surface area contributed by atoms with Crippen LogP contribution in [0.3, 0.4) is 0 Å². The van der Waals surface area contributed by atoms with E-state index in [-0.39, 0.29) is 24.0 Å². The summed E-state index contributed by atoms with van der Waals surface area (Å²) in [6.45, 7) is 6.15. The minimum atomic E-state index is -0.353. The first-order valence-electron chi connectivity index (χ1n) is 12.2. The number of ether oxygens (including phenoxy) is 3. The first-order valence-corrected chi connectivity index (χ1v) is 12.2. The summed E-state index contributed by atoms with van der Waals surface area (Å²) in [6, 6.07) is 11.8. The van der Waals surface area contributed by atoms with Gasteiger partial charge in [0.05, 0.1) is 34.0 Å². The van der Waals surface area contributed by atoms with Gasteiger partial charge in [0, 0.05) is 44.8 Å². The predicted molar refractivity (Wildman–Crippen MR) is 135 cm³/mol. The highest BCUT2D eigenvalue weighted by Gasteiger charge is 2.19. The number of morpholine rings is 1. The number of carbonyl (C=O) groups is 1. The van der Waals surface area contributed by atoms with Gasteiger partial charge >= 0.3 is 0 Å². The van der Waals surface area contributed by atoms with E-state index in [1.165, 1.54) is 18.4 Å². The molecule has 0 saturated carbocycles. The Bertz CT molecular complexity index is 1150. The largest absolute Gasteiger partial charge is 0.493 e. The van der Waals surface area contributed by atoms with E-state index in [0.717, 1.165) is 50.5 Å². The van der Waals surface area contributed by atoms with E-state index in [0.29, 0.717) is 30.5 Å². The number of hydrogen-bond donors (Lipinski definition) is 1. The van der Waals surface area contributed by atoms with Crippen LogP contribution in [-0.4, -0.2) is 74.3 Å². The molecule has 3 aromatic rings. The van der Waals surface area contributed by atoms with Crippen molar-refractivity contribution in [1.29, 1.82) is 0 Å². The molecule has 1 N–H and O–H groups in total. The molecule has 0 aliphatic carbocycles. The van der Waals surface area contributed by atoms with Crippen LogP contribution >= 0.6 is 0 Å². The topological polar surface area (TPSA) is 89.3 Å². The monoisotopic (exact) mass is 512 g/mol. The van der Waals surface area contributed by atoms with Crippen molar-refractivity contribution in [2.75, 3.05) is 53.6 Å². The second-order valence-electron chi connectivity index (χ2n) is 8.75. The molecule has 37 heavy (non-hydrogen) atoms. The van der Waals surface area contributed by atoms with Crippen molar-refractivity contribution >= 4 is 5.91 Å². The molecule has 2 aromatic carbocycles. The number of nitrogens with zero attached hydrogens (tertiary/aromatic N) is 3. The average molecular weight is 513 g/mol. The SMILES string of the molecule is COc1cccc(CN(CCN2CCOCC2)Cc2nc(C(=O)NCc3ccc(F)cc3)co2)c1OC. The first kappa shape index (κ1) is 26.6. The number of oxazole rings is 1. The Kier molecular flexibility index (Phi) is 9.47. The van der Waals surface area contributed by atoms with Crippen molar-refractivity contribution in [2.24, 2.45) is 0 Å². The van der Waals surface area contributed by atoms with Gasteiger partial charge in [0.1, 0.15) is 12.1 Å². The Hall–Kier alpha value is -3.47. The van der Waals surface area contributed by atoms with Crippen LogP contribution in [0.15, 0.2) is 53.1 Å². The number of benzene rings is 2. The van der Waals surface area contributed by atoms with E-state index in [2.05, 4.69) is 20.1 Å². The molecule has 1 aliphatic rings. The fourth-order valence-corrected chi connectivity index (χ4v) is 4.19. The van der Waals surface area contributed by atoms with E-state index in [1.807, 2.05) is 18.2 Å². The zero-order chi connectivity index (χ0) is 26.0. The fraction of sp³-hybridized carbons (Fsp3) is 0.407. The number of amides is 1. The molecule has 4 rings (SSSR count). The first-order chi connectivity index (χ1) is 18.1. The van der Waals surface area contributed by atoms with Crippen LogP contribution in [-0.2, 0) is 24.4 Å². The summed E-state index contributed by atoms with van der Waals surface area (Å²) in [4.78, 5) is 21.6. The molecule has 9 nitrogen and oxygen atoms in total. The van der Waals surface area contributed by atoms with Gasteiger partial charge in [-0.25, -0.2) is 9.37 Å². The Morgan fingerprint density at radius 3 is 2.62 bits per heavy atom. The molecule has 0 unspecified atom stereocenters. The summed E-state index contributed by atoms with van der Waals surface area (Å²) in [6.07, 6.45) is 1.36. The van der Waals surface area contributed by atoms with Crippen molar-refractivity contribution in [3.63, 3.8) is 0 Å². The van der Waals surface area contributed by atoms with Crippen molar-refractivity contribution in [1.82, 2.24) is 20.1 Å². The molecule has 1 saturated heterocycles. The molecule has 0 spiro atoms. The van der Waals surface area contributed by atoms with E-state index in [1.54, 1.807) is 26.4 Å². The van der Waals surface area contributed by atoms with Crippen LogP contribution in [0.25, 0.3) is 0 Å². The van der Waals surface area contributed by atoms with Gasteiger partial charge in [-0.05, 0) is 23.8 Å². The molecule has 1 aliphatic heterocycles. The second kappa shape index (κ2) is 13.2. The maximum atomic E-state index is 13.1. The van der Waals surface area contributed by atoms with Crippen LogP contribution in [0.5, 0.6) is 11.5 Å². The lowest BCUT2D eigenvalue weighted by atomic mass is 10.1. The highest BCUT2D eigenvalue weighted by molar-refractivity contribution is 5.91. The van der Waals surface area contributed by atoms with Crippen LogP contribution in [0.4, 0.5) is 4.39 Å². The molecule has 1 amide bonds. The highest BCUT2D eigenvalue weighted by Crippen LogP contribution is 2.31. The zero-order valence-corrected chi connectivity index (χ0v) is 21.2. The molecule has 1 fully saturated rings. The predicted octanol–water partition coefficient (Wildman–Crippen LogP) is 3.10. The number of halogens is 1. The average Bonchev–Trinajstić information content (AvgIpc) is 3.40. The van der Waals surface area contributed by atoms with Gasteiger partial charge in [-0.3, -0.25) is 14.6 Å². The minimum Gasteiger partial charge on any atom is -0.493 e. The summed E-state index contributed by atoms with van der Waals surface area (Å²) in [5.74, 6) is 1.13. The lowest BCUT2D eigenvalue weighted by Crippen LogP contribution is -2.41. The van der Waals surface area contributed by atoms with E-state index in [4.69, 9.17) is 18.6 Å². The van der Waals surface area contributed by atoms with E-state index >= 15 is 0 Å². The standard InChI is InChI=1S/C27H33FN4O5/c1-34-24-5-3-4-21(26(24)35-2)17-32(11-10-31-12-14-36-15-13-31)18-25-30-23(19-37-25)27(33)29-16-20-6-8-22(28)9-7-20/h3-9,19H,10-18H2,1-2H3,(H,29,33). The van der Waals surface area contributed by atoms with E-state index < -0.39 is 0 Å². The van der Waals surface area contributed by atoms with Crippen LogP contribution < -0.4 is 14.8 Å². The Morgan fingerprint density at radius 2 is 1.89 bits per heavy atom. The number of aromatic nitrogens is 1. The zero-order valence-electron chi connectivity index (χ0n) is 21.2. The molecule has 1 aromatic heterocycles. The summed E-state index contributed by atoms with van der Waals surface area (Å²) >= 11 is 0. The number of methoxy groups -OCH3 is 2. The smallest absolute Gasteiger partial charge is 0.273 e. The third-order valence-electron chi connectivity index (χ3n) is 6.22. The van der Waals surface area contributed by atoms with Crippen LogP contribution in [0.1, 0.15) is 27.5 Å². The van der Waals surface area contributed by atoms with Crippen LogP contribution in [0, 0.1) is 5.82 Å². The summed E-state index contributed by atoms with van der Waals surface area (Å²) in [5.41, 5.74) is 1.97. The molecular weight excluding hydrogens is 479 g/mol. The third kappa shape index (κ3) is 7.51. The van der Waals surface area contributed by atoms with Gasteiger partial charge in [-0.2, -0.15) is 0 Å². The molecule has 0 radical (unpaired) electrons. The maximum absolute atomic E-state index is 13.1. The van der Waals surface area contributed by atoms with Gasteiger partial charge in [0.25, 0.3) is 5.91 Å². The molecule has 0 atom stereocenters. The van der Waals surface area contributed by atoms with Crippen molar-refractivity contribution < 1.29 is 27.8 Å². The lowest BCUT2D eigenvalue weighted by Gasteiger charge is -2.30. The van der Waals surface area contributed by atoms with Gasteiger partial charge in [-0.15, -0.1) is 0 Å². The highest BCUT2D eigenvalue weighted by atomic mass is 19.1. The summed E-state index contributed by atoms with van der Waals surface area (Å²) in [5, 5.41) is 2.79. The third-order valence-corrected chi connectivity index (χ3v) is 6.22. The normalized spacial score (nSPS) is 14.1. The molecular formula is C27H33FN4O5. The molecule has 0 bridgehead atoms. The minimum absolute atomic E-state index is 0.198. The Labute approximate surface area is 216 Å². The number of rotatable bonds is 12. The van der Waals surface area contributed by atoms with Crippen molar-refractivity contribution in [2.45, 2.75) is 19.6 Å². The lowest BCUT2D eigenvalue weighted by molar-refractivity contribution is 0.0320.